The molecule has 0 aliphatic rings. The minimum Gasteiger partial charge on any atom is -0.480 e. The van der Waals surface area contributed by atoms with Gasteiger partial charge in [-0.05, 0) is 18.9 Å². The van der Waals surface area contributed by atoms with E-state index < -0.39 is 11.2 Å². The van der Waals surface area contributed by atoms with E-state index in [2.05, 4.69) is 0 Å². The van der Waals surface area contributed by atoms with Crippen molar-refractivity contribution in [3.8, 4) is 6.07 Å². The first kappa shape index (κ1) is 12.6. The van der Waals surface area contributed by atoms with Gasteiger partial charge in [-0.15, -0.1) is 11.8 Å². The first-order valence-electron chi connectivity index (χ1n) is 4.95. The monoisotopic (exact) mass is 235 g/mol. The summed E-state index contributed by atoms with van der Waals surface area (Å²) in [6.45, 7) is 1.71. The van der Waals surface area contributed by atoms with Crippen molar-refractivity contribution in [3.63, 3.8) is 0 Å². The molecule has 0 amide bonds. The van der Waals surface area contributed by atoms with Gasteiger partial charge in [0, 0.05) is 0 Å². The molecule has 3 nitrogen and oxygen atoms in total. The molecule has 2 unspecified atom stereocenters. The molecule has 1 rings (SSSR count). The number of carboxylic acid groups (broad SMARTS) is 1. The van der Waals surface area contributed by atoms with Gasteiger partial charge in [0.15, 0.2) is 0 Å². The number of hydrogen-bond acceptors (Lipinski definition) is 3. The van der Waals surface area contributed by atoms with Gasteiger partial charge in [0.25, 0.3) is 0 Å². The van der Waals surface area contributed by atoms with Gasteiger partial charge in [0.1, 0.15) is 5.25 Å². The molecule has 1 N–H and O–H groups in total. The van der Waals surface area contributed by atoms with Crippen LogP contribution >= 0.6 is 11.8 Å². The summed E-state index contributed by atoms with van der Waals surface area (Å²) in [5.74, 6) is -0.865. The smallest absolute Gasteiger partial charge is 0.317 e. The van der Waals surface area contributed by atoms with Crippen molar-refractivity contribution in [3.05, 3.63) is 35.9 Å². The van der Waals surface area contributed by atoms with Crippen molar-refractivity contribution < 1.29 is 9.90 Å². The minimum absolute atomic E-state index is 0.301. The Hall–Kier alpha value is -1.47. The van der Waals surface area contributed by atoms with Gasteiger partial charge < -0.3 is 5.11 Å². The molecule has 0 fully saturated rings. The van der Waals surface area contributed by atoms with Gasteiger partial charge in [-0.1, -0.05) is 30.3 Å². The molecule has 0 spiro atoms. The molecule has 1 aromatic carbocycles. The summed E-state index contributed by atoms with van der Waals surface area (Å²) in [4.78, 5) is 11.0. The van der Waals surface area contributed by atoms with Gasteiger partial charge >= 0.3 is 5.97 Å². The molecule has 4 heteroatoms. The summed E-state index contributed by atoms with van der Waals surface area (Å²) < 4.78 is 0. The highest BCUT2D eigenvalue weighted by Gasteiger charge is 2.21. The molecule has 0 heterocycles. The van der Waals surface area contributed by atoms with Gasteiger partial charge in [-0.2, -0.15) is 5.26 Å². The van der Waals surface area contributed by atoms with Crippen LogP contribution in [0.15, 0.2) is 30.3 Å². The van der Waals surface area contributed by atoms with Crippen LogP contribution in [0.4, 0.5) is 0 Å². The van der Waals surface area contributed by atoms with Gasteiger partial charge in [-0.25, -0.2) is 0 Å². The lowest BCUT2D eigenvalue weighted by atomic mass is 10.1. The third-order valence-corrected chi connectivity index (χ3v) is 3.30. The SMILES string of the molecule is CC(C#N)SC(Cc1ccccc1)C(=O)O. The van der Waals surface area contributed by atoms with E-state index in [1.54, 1.807) is 6.92 Å². The fourth-order valence-electron chi connectivity index (χ4n) is 1.30. The second-order valence-electron chi connectivity index (χ2n) is 3.42. The molecule has 0 saturated carbocycles. The number of nitriles is 1. The van der Waals surface area contributed by atoms with Crippen molar-refractivity contribution in [2.75, 3.05) is 0 Å². The molecule has 0 aliphatic heterocycles. The molecular weight excluding hydrogens is 222 g/mol. The Morgan fingerprint density at radius 2 is 2.12 bits per heavy atom. The molecular formula is C12H13NO2S. The van der Waals surface area contributed by atoms with Crippen LogP contribution in [0.25, 0.3) is 0 Å². The second kappa shape index (κ2) is 6.19. The Morgan fingerprint density at radius 1 is 1.50 bits per heavy atom. The van der Waals surface area contributed by atoms with Crippen LogP contribution in [0.5, 0.6) is 0 Å². The third-order valence-electron chi connectivity index (χ3n) is 2.09. The molecule has 84 valence electrons. The van der Waals surface area contributed by atoms with Crippen molar-refractivity contribution >= 4 is 17.7 Å². The highest BCUT2D eigenvalue weighted by Crippen LogP contribution is 2.21. The molecule has 16 heavy (non-hydrogen) atoms. The zero-order chi connectivity index (χ0) is 12.0. The quantitative estimate of drug-likeness (QED) is 0.850. The second-order valence-corrected chi connectivity index (χ2v) is 4.97. The van der Waals surface area contributed by atoms with Gasteiger partial charge in [0.2, 0.25) is 0 Å². The van der Waals surface area contributed by atoms with Gasteiger partial charge in [-0.3, -0.25) is 4.79 Å². The summed E-state index contributed by atoms with van der Waals surface area (Å²) in [6.07, 6.45) is 0.451. The van der Waals surface area contributed by atoms with Crippen molar-refractivity contribution in [1.29, 1.82) is 5.26 Å². The normalized spacial score (nSPS) is 13.8. The largest absolute Gasteiger partial charge is 0.480 e. The summed E-state index contributed by atoms with van der Waals surface area (Å²) in [7, 11) is 0. The van der Waals surface area contributed by atoms with E-state index in [9.17, 15) is 4.79 Å². The Bertz CT molecular complexity index is 386. The zero-order valence-electron chi connectivity index (χ0n) is 8.96. The number of benzene rings is 1. The fourth-order valence-corrected chi connectivity index (χ4v) is 2.26. The number of aliphatic carboxylic acids is 1. The Balaban J connectivity index is 2.66. The predicted molar refractivity (Wildman–Crippen MR) is 64.2 cm³/mol. The van der Waals surface area contributed by atoms with Crippen LogP contribution in [0.3, 0.4) is 0 Å². The van der Waals surface area contributed by atoms with E-state index in [1.165, 1.54) is 11.8 Å². The number of hydrogen-bond donors (Lipinski definition) is 1. The van der Waals surface area contributed by atoms with Crippen LogP contribution in [-0.2, 0) is 11.2 Å². The van der Waals surface area contributed by atoms with Crippen LogP contribution < -0.4 is 0 Å². The summed E-state index contributed by atoms with van der Waals surface area (Å²) >= 11 is 1.19. The van der Waals surface area contributed by atoms with Crippen LogP contribution in [-0.4, -0.2) is 21.6 Å². The number of thioether (sulfide) groups is 1. The van der Waals surface area contributed by atoms with Crippen LogP contribution in [0, 0.1) is 11.3 Å². The number of nitrogens with zero attached hydrogens (tertiary/aromatic N) is 1. The fraction of sp³-hybridized carbons (Fsp3) is 0.333. The molecule has 0 aromatic heterocycles. The Kier molecular flexibility index (Phi) is 4.87. The zero-order valence-corrected chi connectivity index (χ0v) is 9.78. The third kappa shape index (κ3) is 3.95. The first-order valence-corrected chi connectivity index (χ1v) is 5.89. The molecule has 0 radical (unpaired) electrons. The molecule has 1 aromatic rings. The summed E-state index contributed by atoms with van der Waals surface area (Å²) in [5, 5.41) is 16.9. The first-order chi connectivity index (χ1) is 7.63. The average molecular weight is 235 g/mol. The molecule has 0 aliphatic carbocycles. The Morgan fingerprint density at radius 3 is 2.62 bits per heavy atom. The molecule has 0 bridgehead atoms. The van der Waals surface area contributed by atoms with Gasteiger partial charge in [0.05, 0.1) is 11.3 Å². The average Bonchev–Trinajstić information content (AvgIpc) is 2.29. The van der Waals surface area contributed by atoms with Crippen molar-refractivity contribution in [2.24, 2.45) is 0 Å². The van der Waals surface area contributed by atoms with E-state index in [-0.39, 0.29) is 5.25 Å². The predicted octanol–water partition coefficient (Wildman–Crippen LogP) is 2.33. The van der Waals surface area contributed by atoms with Crippen molar-refractivity contribution in [2.45, 2.75) is 23.8 Å². The maximum Gasteiger partial charge on any atom is 0.317 e. The lowest BCUT2D eigenvalue weighted by Crippen LogP contribution is -2.21. The maximum atomic E-state index is 11.0. The van der Waals surface area contributed by atoms with E-state index in [0.717, 1.165) is 5.56 Å². The molecule has 0 saturated heterocycles. The van der Waals surface area contributed by atoms with E-state index in [1.807, 2.05) is 36.4 Å². The van der Waals surface area contributed by atoms with Crippen LogP contribution in [0.1, 0.15) is 12.5 Å². The lowest BCUT2D eigenvalue weighted by Gasteiger charge is -2.12. The standard InChI is InChI=1S/C12H13NO2S/c1-9(8-13)16-11(12(14)15)7-10-5-3-2-4-6-10/h2-6,9,11H,7H2,1H3,(H,14,15). The molecule has 2 atom stereocenters. The van der Waals surface area contributed by atoms with E-state index in [0.29, 0.717) is 6.42 Å². The van der Waals surface area contributed by atoms with Crippen molar-refractivity contribution in [1.82, 2.24) is 0 Å². The highest BCUT2D eigenvalue weighted by atomic mass is 32.2. The summed E-state index contributed by atoms with van der Waals surface area (Å²) in [5.41, 5.74) is 0.979. The number of rotatable bonds is 5. The maximum absolute atomic E-state index is 11.0. The topological polar surface area (TPSA) is 61.1 Å². The number of carboxylic acids is 1. The lowest BCUT2D eigenvalue weighted by molar-refractivity contribution is -0.136. The minimum atomic E-state index is -0.865. The highest BCUT2D eigenvalue weighted by molar-refractivity contribution is 8.01. The number of carbonyl (C=O) groups is 1. The van der Waals surface area contributed by atoms with Crippen LogP contribution in [0.2, 0.25) is 0 Å². The van der Waals surface area contributed by atoms with E-state index in [4.69, 9.17) is 10.4 Å². The summed E-state index contributed by atoms with van der Waals surface area (Å²) in [6, 6.07) is 11.5. The van der Waals surface area contributed by atoms with E-state index >= 15 is 0 Å². The Labute approximate surface area is 99.1 Å².